The maximum atomic E-state index is 6.36. The van der Waals surface area contributed by atoms with Crippen molar-refractivity contribution in [3.8, 4) is 17.3 Å². The zero-order valence-corrected chi connectivity index (χ0v) is 24.6. The predicted molar refractivity (Wildman–Crippen MR) is 161 cm³/mol. The van der Waals surface area contributed by atoms with E-state index in [0.29, 0.717) is 11.5 Å². The van der Waals surface area contributed by atoms with Gasteiger partial charge in [-0.1, -0.05) is 35.8 Å². The molecule has 6 nitrogen and oxygen atoms in total. The number of nitrogens with zero attached hydrogens (tertiary/aromatic N) is 5. The van der Waals surface area contributed by atoms with Gasteiger partial charge in [-0.05, 0) is 36.7 Å². The zero-order valence-electron chi connectivity index (χ0n) is 22.4. The Kier molecular flexibility index (Phi) is 6.09. The van der Waals surface area contributed by atoms with Gasteiger partial charge in [-0.15, -0.1) is 41.4 Å². The van der Waals surface area contributed by atoms with Gasteiger partial charge in [-0.2, -0.15) is 18.8 Å². The van der Waals surface area contributed by atoms with E-state index in [1.54, 1.807) is 0 Å². The Morgan fingerprint density at radius 3 is 2.46 bits per heavy atom. The molecule has 0 atom stereocenters. The summed E-state index contributed by atoms with van der Waals surface area (Å²) in [6.07, 6.45) is 3.98. The molecule has 204 valence electrons. The van der Waals surface area contributed by atoms with Gasteiger partial charge >= 0.3 is 0 Å². The molecule has 8 rings (SSSR count). The molecular formula is C34H24N5OPt-3. The molecule has 4 aromatic carbocycles. The number of rotatable bonds is 4. The molecule has 4 heterocycles. The van der Waals surface area contributed by atoms with Gasteiger partial charge in [0.2, 0.25) is 0 Å². The molecular weight excluding hydrogens is 689 g/mol. The Morgan fingerprint density at radius 2 is 1.56 bits per heavy atom. The maximum Gasteiger partial charge on any atom is 0.137 e. The van der Waals surface area contributed by atoms with Crippen molar-refractivity contribution in [2.75, 3.05) is 16.8 Å². The van der Waals surface area contributed by atoms with E-state index in [9.17, 15) is 0 Å². The van der Waals surface area contributed by atoms with Crippen molar-refractivity contribution in [1.82, 2.24) is 14.1 Å². The second kappa shape index (κ2) is 9.83. The first-order valence-electron chi connectivity index (χ1n) is 13.2. The number of hydrogen-bond acceptors (Lipinski definition) is 4. The van der Waals surface area contributed by atoms with Gasteiger partial charge in [0.1, 0.15) is 5.82 Å². The number of hydrogen-bond donors (Lipinski definition) is 0. The third kappa shape index (κ3) is 4.09. The second-order valence-electron chi connectivity index (χ2n) is 10.1. The van der Waals surface area contributed by atoms with Crippen LogP contribution in [-0.4, -0.2) is 21.2 Å². The first-order chi connectivity index (χ1) is 19.6. The number of aromatic nitrogens is 3. The minimum Gasteiger partial charge on any atom is -0.509 e. The normalized spacial score (nSPS) is 12.7. The van der Waals surface area contributed by atoms with Gasteiger partial charge in [0, 0.05) is 80.3 Å². The Morgan fingerprint density at radius 1 is 0.756 bits per heavy atom. The van der Waals surface area contributed by atoms with E-state index >= 15 is 0 Å². The van der Waals surface area contributed by atoms with Gasteiger partial charge in [0.05, 0.1) is 5.52 Å². The standard InChI is InChI=1S/C34H24N5O.Pt/c1-36-17-16-23-21-35-34(20-32(23)36)39-29-11-4-3-10-27(29)28-15-14-26(19-33(28)39)40-25-9-7-8-24(18-25)38-22-37(2)30-12-5-6-13-31(30)38;/h3-17,20-22H,1-2H3;/q-3;. The molecule has 0 bridgehead atoms. The van der Waals surface area contributed by atoms with E-state index in [2.05, 4.69) is 112 Å². The zero-order chi connectivity index (χ0) is 26.8. The summed E-state index contributed by atoms with van der Waals surface area (Å²) >= 11 is 0. The van der Waals surface area contributed by atoms with Crippen LogP contribution in [0.3, 0.4) is 0 Å². The third-order valence-electron chi connectivity index (χ3n) is 7.58. The summed E-state index contributed by atoms with van der Waals surface area (Å²) in [6, 6.07) is 37.9. The fourth-order valence-corrected chi connectivity index (χ4v) is 5.66. The van der Waals surface area contributed by atoms with E-state index in [1.165, 1.54) is 0 Å². The van der Waals surface area contributed by atoms with Gasteiger partial charge in [0.25, 0.3) is 0 Å². The molecule has 3 aromatic heterocycles. The first-order valence-corrected chi connectivity index (χ1v) is 13.2. The molecule has 0 saturated carbocycles. The number of para-hydroxylation sites is 3. The molecule has 7 aromatic rings. The first kappa shape index (κ1) is 25.4. The molecule has 0 aliphatic carbocycles. The summed E-state index contributed by atoms with van der Waals surface area (Å²) in [5, 5.41) is 3.36. The SMILES string of the molecule is CN1[CH-]N(c2[c-]c(Oc3[c-]c4c(cc3)c3ccccc3n4-c3cc4c(ccn4C)cn3)ccc2)c2ccccc21.[Pt]. The average molecular weight is 714 g/mol. The Bertz CT molecular complexity index is 2080. The number of fused-ring (bicyclic) bond motifs is 5. The summed E-state index contributed by atoms with van der Waals surface area (Å²) in [4.78, 5) is 9.06. The fraction of sp³-hybridized carbons (Fsp3) is 0.0588. The summed E-state index contributed by atoms with van der Waals surface area (Å²) in [5.41, 5.74) is 6.28. The van der Waals surface area contributed by atoms with Crippen molar-refractivity contribution in [1.29, 1.82) is 0 Å². The predicted octanol–water partition coefficient (Wildman–Crippen LogP) is 7.77. The molecule has 7 heteroatoms. The summed E-state index contributed by atoms with van der Waals surface area (Å²) in [7, 11) is 4.10. The van der Waals surface area contributed by atoms with Crippen LogP contribution in [0.15, 0.2) is 103 Å². The molecule has 0 N–H and O–H groups in total. The summed E-state index contributed by atoms with van der Waals surface area (Å²) in [5.74, 6) is 2.09. The fourth-order valence-electron chi connectivity index (χ4n) is 5.66. The molecule has 41 heavy (non-hydrogen) atoms. The van der Waals surface area contributed by atoms with Crippen LogP contribution in [0.2, 0.25) is 0 Å². The van der Waals surface area contributed by atoms with E-state index in [-0.39, 0.29) is 21.1 Å². The summed E-state index contributed by atoms with van der Waals surface area (Å²) in [6.45, 7) is 2.06. The van der Waals surface area contributed by atoms with Crippen LogP contribution in [-0.2, 0) is 28.1 Å². The molecule has 0 unspecified atom stereocenters. The van der Waals surface area contributed by atoms with Crippen molar-refractivity contribution in [2.45, 2.75) is 0 Å². The quantitative estimate of drug-likeness (QED) is 0.175. The minimum absolute atomic E-state index is 0. The second-order valence-corrected chi connectivity index (χ2v) is 10.1. The Balaban J connectivity index is 0.00000276. The largest absolute Gasteiger partial charge is 0.509 e. The van der Waals surface area contributed by atoms with Crippen molar-refractivity contribution < 1.29 is 25.8 Å². The molecule has 0 saturated heterocycles. The Hall–Kier alpha value is -4.54. The molecule has 0 amide bonds. The van der Waals surface area contributed by atoms with Crippen LogP contribution in [0.25, 0.3) is 38.5 Å². The van der Waals surface area contributed by atoms with E-state index < -0.39 is 0 Å². The number of pyridine rings is 1. The minimum atomic E-state index is 0. The number of anilines is 3. The van der Waals surface area contributed by atoms with Crippen molar-refractivity contribution in [3.05, 3.63) is 122 Å². The smallest absolute Gasteiger partial charge is 0.137 e. The average Bonchev–Trinajstić information content (AvgIpc) is 3.64. The molecule has 1 aliphatic rings. The molecule has 0 fully saturated rings. The van der Waals surface area contributed by atoms with Gasteiger partial charge in [0.15, 0.2) is 0 Å². The van der Waals surface area contributed by atoms with E-state index in [0.717, 1.165) is 55.6 Å². The van der Waals surface area contributed by atoms with Crippen LogP contribution in [0.5, 0.6) is 11.5 Å². The number of ether oxygens (including phenoxy) is 1. The maximum absolute atomic E-state index is 6.36. The van der Waals surface area contributed by atoms with Crippen LogP contribution in [0, 0.1) is 18.8 Å². The van der Waals surface area contributed by atoms with E-state index in [4.69, 9.17) is 9.72 Å². The van der Waals surface area contributed by atoms with Crippen LogP contribution in [0.1, 0.15) is 0 Å². The van der Waals surface area contributed by atoms with Crippen molar-refractivity contribution >= 4 is 49.8 Å². The van der Waals surface area contributed by atoms with Crippen LogP contribution in [0.4, 0.5) is 17.1 Å². The Labute approximate surface area is 252 Å². The molecule has 0 spiro atoms. The molecule has 0 radical (unpaired) electrons. The van der Waals surface area contributed by atoms with Crippen molar-refractivity contribution in [3.63, 3.8) is 0 Å². The van der Waals surface area contributed by atoms with Crippen LogP contribution >= 0.6 is 0 Å². The topological polar surface area (TPSA) is 38.5 Å². The van der Waals surface area contributed by atoms with Gasteiger partial charge < -0.3 is 23.7 Å². The molecule has 1 aliphatic heterocycles. The van der Waals surface area contributed by atoms with Gasteiger partial charge in [-0.3, -0.25) is 0 Å². The number of aryl methyl sites for hydroxylation is 1. The van der Waals surface area contributed by atoms with Gasteiger partial charge in [-0.25, -0.2) is 4.98 Å². The monoisotopic (exact) mass is 713 g/mol. The van der Waals surface area contributed by atoms with Crippen LogP contribution < -0.4 is 14.5 Å². The number of benzene rings is 4. The van der Waals surface area contributed by atoms with E-state index in [1.807, 2.05) is 43.6 Å². The third-order valence-corrected chi connectivity index (χ3v) is 7.58. The van der Waals surface area contributed by atoms with Crippen molar-refractivity contribution in [2.24, 2.45) is 7.05 Å². The summed E-state index contributed by atoms with van der Waals surface area (Å²) < 4.78 is 10.6.